The van der Waals surface area contributed by atoms with Gasteiger partial charge in [-0.25, -0.2) is 0 Å². The summed E-state index contributed by atoms with van der Waals surface area (Å²) in [5.74, 6) is 0. The minimum absolute atomic E-state index is 0.767. The van der Waals surface area contributed by atoms with Crippen molar-refractivity contribution in [2.45, 2.75) is 0 Å². The van der Waals surface area contributed by atoms with Crippen molar-refractivity contribution < 1.29 is 0 Å². The highest BCUT2D eigenvalue weighted by Crippen LogP contribution is 2.44. The van der Waals surface area contributed by atoms with Crippen molar-refractivity contribution in [1.29, 1.82) is 0 Å². The van der Waals surface area contributed by atoms with Gasteiger partial charge < -0.3 is 0 Å². The van der Waals surface area contributed by atoms with Crippen LogP contribution >= 0.6 is 22.9 Å². The summed E-state index contributed by atoms with van der Waals surface area (Å²) in [6, 6.07) is 32.4. The van der Waals surface area contributed by atoms with Crippen molar-refractivity contribution in [2.75, 3.05) is 0 Å². The average Bonchev–Trinajstić information content (AvgIpc) is 3.14. The Bertz CT molecular complexity index is 1510. The maximum Gasteiger partial charge on any atom is 0.0440 e. The minimum atomic E-state index is 0.767. The van der Waals surface area contributed by atoms with E-state index in [4.69, 9.17) is 11.6 Å². The van der Waals surface area contributed by atoms with Gasteiger partial charge in [0, 0.05) is 30.6 Å². The fourth-order valence-corrected chi connectivity index (χ4v) is 5.59. The number of rotatable bonds is 1. The van der Waals surface area contributed by atoms with Gasteiger partial charge >= 0.3 is 0 Å². The zero-order valence-electron chi connectivity index (χ0n) is 14.9. The van der Waals surface area contributed by atoms with Gasteiger partial charge in [0.25, 0.3) is 0 Å². The molecule has 0 N–H and O–H groups in total. The Morgan fingerprint density at radius 3 is 1.89 bits per heavy atom. The van der Waals surface area contributed by atoms with Gasteiger partial charge in [-0.3, -0.25) is 0 Å². The second-order valence-electron chi connectivity index (χ2n) is 7.12. The van der Waals surface area contributed by atoms with Crippen LogP contribution in [0.1, 0.15) is 0 Å². The Hall–Kier alpha value is -2.87. The molecule has 0 nitrogen and oxygen atoms in total. The lowest BCUT2D eigenvalue weighted by atomic mass is 9.96. The molecule has 0 radical (unpaired) electrons. The molecular formula is C26H15ClS. The maximum atomic E-state index is 6.08. The van der Waals surface area contributed by atoms with E-state index in [1.807, 2.05) is 23.5 Å². The monoisotopic (exact) mass is 394 g/mol. The molecule has 1 aromatic heterocycles. The van der Waals surface area contributed by atoms with Crippen LogP contribution in [0.15, 0.2) is 91.0 Å². The second-order valence-corrected chi connectivity index (χ2v) is 8.60. The standard InChI is InChI=1S/C26H15ClS/c27-18-12-9-16(10-13-18)17-11-14-24-23(15-17)25-21-7-3-1-5-19(21)20-6-2-4-8-22(20)26(25)28-24/h1-15H. The van der Waals surface area contributed by atoms with E-state index >= 15 is 0 Å². The van der Waals surface area contributed by atoms with Crippen molar-refractivity contribution in [1.82, 2.24) is 0 Å². The van der Waals surface area contributed by atoms with Crippen LogP contribution in [-0.4, -0.2) is 0 Å². The lowest BCUT2D eigenvalue weighted by Crippen LogP contribution is -1.80. The predicted octanol–water partition coefficient (Wildman–Crippen LogP) is 8.68. The molecule has 6 rings (SSSR count). The third-order valence-corrected chi connectivity index (χ3v) is 6.98. The lowest BCUT2D eigenvalue weighted by molar-refractivity contribution is 1.65. The maximum absolute atomic E-state index is 6.08. The molecule has 132 valence electrons. The van der Waals surface area contributed by atoms with Gasteiger partial charge in [-0.2, -0.15) is 0 Å². The number of halogens is 1. The molecule has 0 amide bonds. The number of fused-ring (bicyclic) bond motifs is 8. The number of thiophene rings is 1. The van der Waals surface area contributed by atoms with Gasteiger partial charge in [0.15, 0.2) is 0 Å². The summed E-state index contributed by atoms with van der Waals surface area (Å²) < 4.78 is 2.70. The van der Waals surface area contributed by atoms with E-state index in [2.05, 4.69) is 78.9 Å². The first kappa shape index (κ1) is 16.1. The first-order chi connectivity index (χ1) is 13.8. The minimum Gasteiger partial charge on any atom is -0.135 e. The van der Waals surface area contributed by atoms with Crippen molar-refractivity contribution in [2.24, 2.45) is 0 Å². The third kappa shape index (κ3) is 2.30. The predicted molar refractivity (Wildman–Crippen MR) is 125 cm³/mol. The van der Waals surface area contributed by atoms with Crippen LogP contribution in [-0.2, 0) is 0 Å². The van der Waals surface area contributed by atoms with Crippen LogP contribution in [0, 0.1) is 0 Å². The Morgan fingerprint density at radius 2 is 1.14 bits per heavy atom. The average molecular weight is 395 g/mol. The molecule has 0 aliphatic rings. The number of hydrogen-bond acceptors (Lipinski definition) is 1. The molecule has 5 aromatic carbocycles. The second kappa shape index (κ2) is 6.07. The van der Waals surface area contributed by atoms with E-state index < -0.39 is 0 Å². The summed E-state index contributed by atoms with van der Waals surface area (Å²) in [5.41, 5.74) is 2.41. The van der Waals surface area contributed by atoms with Crippen LogP contribution in [0.5, 0.6) is 0 Å². The van der Waals surface area contributed by atoms with Gasteiger partial charge in [0.1, 0.15) is 0 Å². The van der Waals surface area contributed by atoms with E-state index in [-0.39, 0.29) is 0 Å². The zero-order valence-corrected chi connectivity index (χ0v) is 16.5. The summed E-state index contributed by atoms with van der Waals surface area (Å²) in [7, 11) is 0. The van der Waals surface area contributed by atoms with Crippen LogP contribution in [0.25, 0.3) is 52.8 Å². The highest BCUT2D eigenvalue weighted by atomic mass is 35.5. The van der Waals surface area contributed by atoms with Crippen molar-refractivity contribution >= 4 is 64.7 Å². The first-order valence-electron chi connectivity index (χ1n) is 9.31. The third-order valence-electron chi connectivity index (χ3n) is 5.52. The lowest BCUT2D eigenvalue weighted by Gasteiger charge is -2.07. The van der Waals surface area contributed by atoms with Gasteiger partial charge in [-0.05, 0) is 51.6 Å². The molecule has 0 aliphatic heterocycles. The van der Waals surface area contributed by atoms with Crippen LogP contribution in [0.4, 0.5) is 0 Å². The van der Waals surface area contributed by atoms with E-state index in [9.17, 15) is 0 Å². The summed E-state index contributed by atoms with van der Waals surface area (Å²) in [6.45, 7) is 0. The number of benzene rings is 5. The fraction of sp³-hybridized carbons (Fsp3) is 0. The summed E-state index contributed by atoms with van der Waals surface area (Å²) in [5, 5.41) is 8.78. The topological polar surface area (TPSA) is 0 Å². The molecule has 0 saturated carbocycles. The molecule has 0 saturated heterocycles. The Morgan fingerprint density at radius 1 is 0.536 bits per heavy atom. The van der Waals surface area contributed by atoms with Gasteiger partial charge in [0.05, 0.1) is 0 Å². The van der Waals surface area contributed by atoms with Crippen molar-refractivity contribution in [3.05, 3.63) is 96.0 Å². The Balaban J connectivity index is 1.78. The molecule has 28 heavy (non-hydrogen) atoms. The van der Waals surface area contributed by atoms with Crippen LogP contribution < -0.4 is 0 Å². The van der Waals surface area contributed by atoms with E-state index in [0.29, 0.717) is 0 Å². The SMILES string of the molecule is Clc1ccc(-c2ccc3sc4c5ccccc5c5ccccc5c4c3c2)cc1. The van der Waals surface area contributed by atoms with Gasteiger partial charge in [-0.15, -0.1) is 11.3 Å². The van der Waals surface area contributed by atoms with Crippen LogP contribution in [0.2, 0.25) is 5.02 Å². The fourth-order valence-electron chi connectivity index (χ4n) is 4.23. The summed E-state index contributed by atoms with van der Waals surface area (Å²) in [6.07, 6.45) is 0. The highest BCUT2D eigenvalue weighted by molar-refractivity contribution is 7.27. The van der Waals surface area contributed by atoms with Gasteiger partial charge in [0.2, 0.25) is 0 Å². The molecule has 0 atom stereocenters. The quantitative estimate of drug-likeness (QED) is 0.245. The van der Waals surface area contributed by atoms with Crippen molar-refractivity contribution in [3.8, 4) is 11.1 Å². The van der Waals surface area contributed by atoms with Crippen LogP contribution in [0.3, 0.4) is 0 Å². The summed E-state index contributed by atoms with van der Waals surface area (Å²) in [4.78, 5) is 0. The van der Waals surface area contributed by atoms with Gasteiger partial charge in [-0.1, -0.05) is 78.3 Å². The molecule has 0 aliphatic carbocycles. The Labute approximate surface area is 171 Å². The zero-order chi connectivity index (χ0) is 18.7. The number of hydrogen-bond donors (Lipinski definition) is 0. The molecule has 0 fully saturated rings. The molecule has 0 bridgehead atoms. The van der Waals surface area contributed by atoms with E-state index in [1.165, 1.54) is 52.8 Å². The molecule has 0 unspecified atom stereocenters. The molecular weight excluding hydrogens is 380 g/mol. The van der Waals surface area contributed by atoms with E-state index in [0.717, 1.165) is 5.02 Å². The van der Waals surface area contributed by atoms with Crippen molar-refractivity contribution in [3.63, 3.8) is 0 Å². The van der Waals surface area contributed by atoms with E-state index in [1.54, 1.807) is 0 Å². The Kier molecular flexibility index (Phi) is 3.49. The normalized spacial score (nSPS) is 11.8. The first-order valence-corrected chi connectivity index (χ1v) is 10.5. The molecule has 1 heterocycles. The molecule has 6 aromatic rings. The highest BCUT2D eigenvalue weighted by Gasteiger charge is 2.14. The molecule has 0 spiro atoms. The summed E-state index contributed by atoms with van der Waals surface area (Å²) >= 11 is 7.97. The molecule has 2 heteroatoms. The largest absolute Gasteiger partial charge is 0.135 e. The smallest absolute Gasteiger partial charge is 0.0440 e.